The van der Waals surface area contributed by atoms with Crippen molar-refractivity contribution in [1.29, 1.82) is 0 Å². The second kappa shape index (κ2) is 10.6. The first kappa shape index (κ1) is 23.8. The quantitative estimate of drug-likeness (QED) is 0.212. The molecule has 0 atom stereocenters. The summed E-state index contributed by atoms with van der Waals surface area (Å²) in [4.78, 5) is 42.1. The molecule has 2 aromatic rings. The van der Waals surface area contributed by atoms with Gasteiger partial charge in [0.25, 0.3) is 5.91 Å². The smallest absolute Gasteiger partial charge is 0.374 e. The molecule has 0 radical (unpaired) electrons. The number of anilines is 2. The molecular weight excluding hydrogens is 435 g/mol. The summed E-state index contributed by atoms with van der Waals surface area (Å²) >= 11 is 0. The van der Waals surface area contributed by atoms with E-state index in [-0.39, 0.29) is 22.5 Å². The number of hydrogen-bond acceptors (Lipinski definition) is 9. The lowest BCUT2D eigenvalue weighted by Gasteiger charge is -2.29. The van der Waals surface area contributed by atoms with Crippen molar-refractivity contribution in [3.05, 3.63) is 53.1 Å². The first-order chi connectivity index (χ1) is 15.8. The number of amides is 1. The molecule has 0 unspecified atom stereocenters. The average molecular weight is 458 g/mol. The van der Waals surface area contributed by atoms with Gasteiger partial charge in [-0.15, -0.1) is 0 Å². The molecule has 2 N–H and O–H groups in total. The molecule has 174 valence electrons. The predicted octanol–water partition coefficient (Wildman–Crippen LogP) is 1.93. The number of morpholine rings is 1. The number of nitrogens with one attached hydrogen (secondary N) is 1. The number of nitrogens with zero attached hydrogens (tertiary/aromatic N) is 3. The topological polar surface area (TPSA) is 130 Å². The van der Waals surface area contributed by atoms with Gasteiger partial charge in [-0.3, -0.25) is 14.6 Å². The molecule has 2 heterocycles. The Hall–Kier alpha value is -3.86. The minimum absolute atomic E-state index is 0.107. The third-order valence-corrected chi connectivity index (χ3v) is 5.04. The number of pyridine rings is 1. The van der Waals surface area contributed by atoms with Crippen LogP contribution in [0.4, 0.5) is 15.8 Å². The summed E-state index contributed by atoms with van der Waals surface area (Å²) in [5, 5.41) is 15.1. The van der Waals surface area contributed by atoms with E-state index >= 15 is 0 Å². The Morgan fingerprint density at radius 1 is 1.24 bits per heavy atom. The van der Waals surface area contributed by atoms with Crippen molar-refractivity contribution in [2.75, 3.05) is 43.6 Å². The second-order valence-corrected chi connectivity index (χ2v) is 7.25. The third kappa shape index (κ3) is 5.89. The van der Waals surface area contributed by atoms with Crippen LogP contribution in [0.3, 0.4) is 0 Å². The normalized spacial score (nSPS) is 14.0. The van der Waals surface area contributed by atoms with Crippen LogP contribution in [0.5, 0.6) is 0 Å². The summed E-state index contributed by atoms with van der Waals surface area (Å²) in [6, 6.07) is 5.51. The number of hydrogen-bond donors (Lipinski definition) is 2. The van der Waals surface area contributed by atoms with Crippen LogP contribution in [0.2, 0.25) is 0 Å². The van der Waals surface area contributed by atoms with Gasteiger partial charge < -0.3 is 24.9 Å². The van der Waals surface area contributed by atoms with E-state index in [1.165, 1.54) is 18.3 Å². The number of carbonyl (C=O) groups is 3. The second-order valence-electron chi connectivity index (χ2n) is 7.25. The Labute approximate surface area is 189 Å². The number of aryl methyl sites for hydroxylation is 1. The summed E-state index contributed by atoms with van der Waals surface area (Å²) in [7, 11) is 1.07. The summed E-state index contributed by atoms with van der Waals surface area (Å²) < 4.78 is 23.9. The molecule has 11 heteroatoms. The zero-order valence-electron chi connectivity index (χ0n) is 18.1. The number of Topliss-reactive ketones (excluding diaryl/α,β-unsaturated/α-hetero) is 1. The number of aromatic nitrogens is 1. The Balaban J connectivity index is 1.81. The summed E-state index contributed by atoms with van der Waals surface area (Å²) in [6.45, 7) is 3.81. The van der Waals surface area contributed by atoms with E-state index in [2.05, 4.69) is 20.2 Å². The number of oxime groups is 1. The number of halogens is 1. The van der Waals surface area contributed by atoms with Crippen LogP contribution < -0.4 is 10.2 Å². The maximum atomic E-state index is 14.2. The van der Waals surface area contributed by atoms with E-state index in [0.29, 0.717) is 37.7 Å². The first-order valence-corrected chi connectivity index (χ1v) is 10.1. The lowest BCUT2D eigenvalue weighted by atomic mass is 10.0. The van der Waals surface area contributed by atoms with Gasteiger partial charge in [0.1, 0.15) is 5.82 Å². The van der Waals surface area contributed by atoms with Gasteiger partial charge in [-0.25, -0.2) is 9.18 Å². The van der Waals surface area contributed by atoms with Crippen molar-refractivity contribution in [2.24, 2.45) is 5.16 Å². The van der Waals surface area contributed by atoms with Gasteiger partial charge in [0.2, 0.25) is 5.78 Å². The molecule has 1 saturated heterocycles. The highest BCUT2D eigenvalue weighted by atomic mass is 19.1. The fourth-order valence-electron chi connectivity index (χ4n) is 3.33. The molecule has 0 aliphatic carbocycles. The van der Waals surface area contributed by atoms with Gasteiger partial charge in [0.05, 0.1) is 44.3 Å². The standard InChI is InChI=1S/C22H23FN4O6/c1-13-18(19(26-31)11-20(28)22(30)32-2)10-16(12-24-13)25-21(29)14-7-15(23)9-17(8-14)27-3-5-33-6-4-27/h7-10,12,31H,3-6,11H2,1-2H3,(H,25,29). The number of ether oxygens (including phenoxy) is 2. The maximum absolute atomic E-state index is 14.2. The van der Waals surface area contributed by atoms with Gasteiger partial charge in [-0.1, -0.05) is 5.16 Å². The highest BCUT2D eigenvalue weighted by Crippen LogP contribution is 2.22. The van der Waals surface area contributed by atoms with Crippen molar-refractivity contribution >= 4 is 34.7 Å². The SMILES string of the molecule is COC(=O)C(=O)CC(=NO)c1cc(NC(=O)c2cc(F)cc(N3CCOCC3)c2)cnc1C. The minimum Gasteiger partial charge on any atom is -0.463 e. The van der Waals surface area contributed by atoms with Crippen LogP contribution in [-0.2, 0) is 19.1 Å². The van der Waals surface area contributed by atoms with Crippen LogP contribution in [0, 0.1) is 12.7 Å². The van der Waals surface area contributed by atoms with Crippen LogP contribution >= 0.6 is 0 Å². The van der Waals surface area contributed by atoms with Gasteiger partial charge >= 0.3 is 5.97 Å². The molecule has 1 amide bonds. The first-order valence-electron chi connectivity index (χ1n) is 10.1. The number of esters is 1. The molecule has 0 spiro atoms. The van der Waals surface area contributed by atoms with E-state index in [1.807, 2.05) is 4.90 Å². The number of carbonyl (C=O) groups excluding carboxylic acids is 3. The molecule has 33 heavy (non-hydrogen) atoms. The molecule has 1 aliphatic rings. The van der Waals surface area contributed by atoms with Crippen molar-refractivity contribution in [3.63, 3.8) is 0 Å². The summed E-state index contributed by atoms with van der Waals surface area (Å²) in [5.41, 5.74) is 1.44. The van der Waals surface area contributed by atoms with Crippen LogP contribution in [0.1, 0.15) is 28.0 Å². The van der Waals surface area contributed by atoms with Crippen molar-refractivity contribution in [2.45, 2.75) is 13.3 Å². The highest BCUT2D eigenvalue weighted by Gasteiger charge is 2.21. The van der Waals surface area contributed by atoms with E-state index < -0.39 is 29.9 Å². The minimum atomic E-state index is -1.08. The zero-order chi connectivity index (χ0) is 24.0. The lowest BCUT2D eigenvalue weighted by molar-refractivity contribution is -0.151. The number of methoxy groups -OCH3 is 1. The monoisotopic (exact) mass is 458 g/mol. The molecule has 0 saturated carbocycles. The van der Waals surface area contributed by atoms with Crippen LogP contribution in [-0.4, -0.2) is 67.0 Å². The van der Waals surface area contributed by atoms with Crippen LogP contribution in [0.15, 0.2) is 35.6 Å². The molecule has 3 rings (SSSR count). The average Bonchev–Trinajstić information content (AvgIpc) is 2.83. The van der Waals surface area contributed by atoms with Crippen molar-refractivity contribution in [1.82, 2.24) is 4.98 Å². The fraction of sp³-hybridized carbons (Fsp3) is 0.318. The lowest BCUT2D eigenvalue weighted by Crippen LogP contribution is -2.36. The molecule has 1 fully saturated rings. The Kier molecular flexibility index (Phi) is 7.67. The molecule has 10 nitrogen and oxygen atoms in total. The van der Waals surface area contributed by atoms with E-state index in [9.17, 15) is 24.0 Å². The molecule has 0 bridgehead atoms. The Morgan fingerprint density at radius 3 is 2.64 bits per heavy atom. The third-order valence-electron chi connectivity index (χ3n) is 5.04. The molecule has 1 aromatic heterocycles. The number of benzene rings is 1. The van der Waals surface area contributed by atoms with Crippen molar-refractivity contribution in [3.8, 4) is 0 Å². The van der Waals surface area contributed by atoms with Gasteiger partial charge in [-0.2, -0.15) is 0 Å². The van der Waals surface area contributed by atoms with E-state index in [4.69, 9.17) is 4.74 Å². The van der Waals surface area contributed by atoms with E-state index in [0.717, 1.165) is 13.2 Å². The summed E-state index contributed by atoms with van der Waals surface area (Å²) in [5.74, 6) is -3.11. The number of ketones is 1. The highest BCUT2D eigenvalue weighted by molar-refractivity contribution is 6.38. The molecule has 1 aromatic carbocycles. The largest absolute Gasteiger partial charge is 0.463 e. The maximum Gasteiger partial charge on any atom is 0.374 e. The zero-order valence-corrected chi connectivity index (χ0v) is 18.1. The van der Waals surface area contributed by atoms with Gasteiger partial charge in [0.15, 0.2) is 0 Å². The number of rotatable bonds is 7. The molecule has 1 aliphatic heterocycles. The van der Waals surface area contributed by atoms with Crippen molar-refractivity contribution < 1.29 is 33.5 Å². The van der Waals surface area contributed by atoms with Crippen LogP contribution in [0.25, 0.3) is 0 Å². The Morgan fingerprint density at radius 2 is 1.97 bits per heavy atom. The Bertz CT molecular complexity index is 1100. The van der Waals surface area contributed by atoms with E-state index in [1.54, 1.807) is 13.0 Å². The van der Waals surface area contributed by atoms with Gasteiger partial charge in [-0.05, 0) is 31.2 Å². The fourth-order valence-corrected chi connectivity index (χ4v) is 3.33. The summed E-state index contributed by atoms with van der Waals surface area (Å²) in [6.07, 6.45) is 0.853. The van der Waals surface area contributed by atoms with Gasteiger partial charge in [0, 0.05) is 35.6 Å². The molecular formula is C22H23FN4O6. The predicted molar refractivity (Wildman–Crippen MR) is 116 cm³/mol.